The van der Waals surface area contributed by atoms with Crippen molar-refractivity contribution in [3.8, 4) is 0 Å². The van der Waals surface area contributed by atoms with E-state index in [1.54, 1.807) is 0 Å². The number of alkyl halides is 2. The van der Waals surface area contributed by atoms with Gasteiger partial charge in [-0.25, -0.2) is 13.6 Å². The molecule has 0 saturated heterocycles. The zero-order valence-electron chi connectivity index (χ0n) is 13.7. The van der Waals surface area contributed by atoms with E-state index in [9.17, 15) is 18.4 Å². The van der Waals surface area contributed by atoms with Crippen molar-refractivity contribution in [3.63, 3.8) is 0 Å². The third-order valence-corrected chi connectivity index (χ3v) is 5.62. The number of aryl methyl sites for hydroxylation is 1. The number of carboxylic acid groups (broad SMARTS) is 1. The number of amides is 1. The molecule has 9 heteroatoms. The summed E-state index contributed by atoms with van der Waals surface area (Å²) in [5.41, 5.74) is 0.0909. The molecule has 1 aliphatic rings. The highest BCUT2D eigenvalue weighted by Gasteiger charge is 2.67. The van der Waals surface area contributed by atoms with E-state index in [4.69, 9.17) is 39.9 Å². The van der Waals surface area contributed by atoms with Crippen LogP contribution in [0.4, 0.5) is 14.5 Å². The van der Waals surface area contributed by atoms with Crippen LogP contribution >= 0.6 is 34.8 Å². The summed E-state index contributed by atoms with van der Waals surface area (Å²) in [4.78, 5) is 23.7. The fourth-order valence-electron chi connectivity index (χ4n) is 2.99. The van der Waals surface area contributed by atoms with E-state index in [0.29, 0.717) is 5.56 Å². The first-order valence-electron chi connectivity index (χ1n) is 7.71. The number of carbonyl (C=O) groups is 2. The van der Waals surface area contributed by atoms with Gasteiger partial charge in [-0.1, -0.05) is 17.7 Å². The van der Waals surface area contributed by atoms with Gasteiger partial charge in [-0.2, -0.15) is 0 Å². The first-order chi connectivity index (χ1) is 12.5. The molecule has 2 aromatic rings. The number of aromatic carboxylic acids is 1. The van der Waals surface area contributed by atoms with Crippen LogP contribution in [0.25, 0.3) is 0 Å². The molecule has 1 saturated carbocycles. The molecular formula is C18H12Cl3F2NO3. The van der Waals surface area contributed by atoms with E-state index in [2.05, 4.69) is 5.32 Å². The molecule has 4 nitrogen and oxygen atoms in total. The third kappa shape index (κ3) is 3.61. The van der Waals surface area contributed by atoms with Crippen molar-refractivity contribution in [1.29, 1.82) is 0 Å². The van der Waals surface area contributed by atoms with Gasteiger partial charge in [0.15, 0.2) is 0 Å². The lowest BCUT2D eigenvalue weighted by molar-refractivity contribution is -0.117. The molecule has 1 aliphatic carbocycles. The maximum absolute atomic E-state index is 13.8. The van der Waals surface area contributed by atoms with Crippen molar-refractivity contribution in [3.05, 3.63) is 63.7 Å². The number of halogens is 5. The number of benzene rings is 2. The molecule has 0 radical (unpaired) electrons. The molecule has 1 amide bonds. The molecule has 1 fully saturated rings. The topological polar surface area (TPSA) is 66.4 Å². The van der Waals surface area contributed by atoms with Gasteiger partial charge in [0.2, 0.25) is 5.91 Å². The lowest BCUT2D eigenvalue weighted by Gasteiger charge is -2.09. The van der Waals surface area contributed by atoms with Gasteiger partial charge in [0, 0.05) is 11.6 Å². The number of nitrogens with one attached hydrogen (secondary N) is 1. The van der Waals surface area contributed by atoms with Crippen molar-refractivity contribution in [2.75, 3.05) is 5.32 Å². The summed E-state index contributed by atoms with van der Waals surface area (Å²) in [5.74, 6) is -5.02. The fourth-order valence-corrected chi connectivity index (χ4v) is 4.01. The summed E-state index contributed by atoms with van der Waals surface area (Å²) in [7, 11) is 0. The SMILES string of the molecule is Cc1cc(NC(=O)[C@H]2[C@H](c3ccc(F)c(Cl)c3)C2(Cl)Cl)cc(C(=O)O)c1F. The Labute approximate surface area is 168 Å². The minimum Gasteiger partial charge on any atom is -0.478 e. The highest BCUT2D eigenvalue weighted by molar-refractivity contribution is 6.53. The van der Waals surface area contributed by atoms with Crippen LogP contribution in [0.15, 0.2) is 30.3 Å². The van der Waals surface area contributed by atoms with Gasteiger partial charge >= 0.3 is 5.97 Å². The van der Waals surface area contributed by atoms with Crippen molar-refractivity contribution in [1.82, 2.24) is 0 Å². The number of hydrogen-bond donors (Lipinski definition) is 2. The second-order valence-electron chi connectivity index (χ2n) is 6.25. The van der Waals surface area contributed by atoms with Gasteiger partial charge in [-0.05, 0) is 42.3 Å². The van der Waals surface area contributed by atoms with Gasteiger partial charge in [-0.3, -0.25) is 4.79 Å². The molecule has 0 aromatic heterocycles. The summed E-state index contributed by atoms with van der Waals surface area (Å²) in [6.07, 6.45) is 0. The van der Waals surface area contributed by atoms with Gasteiger partial charge in [0.05, 0.1) is 16.5 Å². The van der Waals surface area contributed by atoms with E-state index < -0.39 is 45.2 Å². The van der Waals surface area contributed by atoms with E-state index >= 15 is 0 Å². The maximum Gasteiger partial charge on any atom is 0.338 e. The second kappa shape index (κ2) is 6.93. The van der Waals surface area contributed by atoms with Gasteiger partial charge in [0.1, 0.15) is 16.0 Å². The Balaban J connectivity index is 1.84. The first kappa shape index (κ1) is 19.9. The highest BCUT2D eigenvalue weighted by atomic mass is 35.5. The Morgan fingerprint density at radius 1 is 1.19 bits per heavy atom. The monoisotopic (exact) mass is 433 g/mol. The minimum absolute atomic E-state index is 0.0610. The largest absolute Gasteiger partial charge is 0.478 e. The molecule has 2 N–H and O–H groups in total. The van der Waals surface area contributed by atoms with Gasteiger partial charge in [0.25, 0.3) is 0 Å². The summed E-state index contributed by atoms with van der Waals surface area (Å²) < 4.78 is 25.7. The summed E-state index contributed by atoms with van der Waals surface area (Å²) >= 11 is 18.2. The summed E-state index contributed by atoms with van der Waals surface area (Å²) in [6, 6.07) is 6.24. The van der Waals surface area contributed by atoms with Crippen LogP contribution in [0, 0.1) is 24.5 Å². The van der Waals surface area contributed by atoms with Crippen LogP contribution in [0.2, 0.25) is 5.02 Å². The van der Waals surface area contributed by atoms with E-state index in [1.807, 2.05) is 0 Å². The third-order valence-electron chi connectivity index (χ3n) is 4.39. The lowest BCUT2D eigenvalue weighted by Crippen LogP contribution is -2.18. The fraction of sp³-hybridized carbons (Fsp3) is 0.222. The standard InChI is InChI=1S/C18H12Cl3F2NO3/c1-7-4-9(6-10(15(7)23)17(26)27)24-16(25)14-13(18(14,20)21)8-2-3-12(22)11(19)5-8/h2-6,13-14H,1H3,(H,24,25)(H,26,27)/t13-,14+/m0/s1. The van der Waals surface area contributed by atoms with E-state index in [1.165, 1.54) is 25.1 Å². The normalized spacial score (nSPS) is 20.2. The van der Waals surface area contributed by atoms with Crippen LogP contribution < -0.4 is 5.32 Å². The molecular weight excluding hydrogens is 423 g/mol. The molecule has 0 heterocycles. The molecule has 3 rings (SSSR count). The van der Waals surface area contributed by atoms with Crippen molar-refractivity contribution >= 4 is 52.4 Å². The molecule has 27 heavy (non-hydrogen) atoms. The molecule has 142 valence electrons. The number of hydrogen-bond acceptors (Lipinski definition) is 2. The van der Waals surface area contributed by atoms with E-state index in [0.717, 1.165) is 12.1 Å². The molecule has 0 unspecified atom stereocenters. The zero-order chi connectivity index (χ0) is 20.1. The van der Waals surface area contributed by atoms with Crippen LogP contribution in [0.5, 0.6) is 0 Å². The Bertz CT molecular complexity index is 965. The lowest BCUT2D eigenvalue weighted by atomic mass is 10.1. The van der Waals surface area contributed by atoms with Gasteiger partial charge in [-0.15, -0.1) is 23.2 Å². The first-order valence-corrected chi connectivity index (χ1v) is 8.84. The highest BCUT2D eigenvalue weighted by Crippen LogP contribution is 2.65. The van der Waals surface area contributed by atoms with Crippen LogP contribution in [0.3, 0.4) is 0 Å². The number of carbonyl (C=O) groups excluding carboxylic acids is 1. The average Bonchev–Trinajstić information content (AvgIpc) is 3.15. The predicted octanol–water partition coefficient (Wildman–Crippen LogP) is 5.15. The Morgan fingerprint density at radius 3 is 2.44 bits per heavy atom. The minimum atomic E-state index is -1.46. The molecule has 0 bridgehead atoms. The van der Waals surface area contributed by atoms with Crippen molar-refractivity contribution in [2.45, 2.75) is 17.2 Å². The molecule has 0 aliphatic heterocycles. The van der Waals surface area contributed by atoms with Crippen molar-refractivity contribution in [2.24, 2.45) is 5.92 Å². The van der Waals surface area contributed by atoms with E-state index in [-0.39, 0.29) is 16.3 Å². The summed E-state index contributed by atoms with van der Waals surface area (Å²) in [6.45, 7) is 1.38. The maximum atomic E-state index is 13.8. The van der Waals surface area contributed by atoms with Gasteiger partial charge < -0.3 is 10.4 Å². The van der Waals surface area contributed by atoms with Crippen LogP contribution in [-0.4, -0.2) is 21.3 Å². The number of carboxylic acids is 1. The zero-order valence-corrected chi connectivity index (χ0v) is 16.0. The Morgan fingerprint density at radius 2 is 1.85 bits per heavy atom. The predicted molar refractivity (Wildman–Crippen MR) is 98.8 cm³/mol. The van der Waals surface area contributed by atoms with Crippen molar-refractivity contribution < 1.29 is 23.5 Å². The average molecular weight is 435 g/mol. The second-order valence-corrected chi connectivity index (χ2v) is 8.10. The summed E-state index contributed by atoms with van der Waals surface area (Å²) in [5, 5.41) is 11.4. The molecule has 0 spiro atoms. The Kier molecular flexibility index (Phi) is 5.10. The van der Waals surface area contributed by atoms with Crippen LogP contribution in [-0.2, 0) is 4.79 Å². The quantitative estimate of drug-likeness (QED) is 0.654. The molecule has 2 atom stereocenters. The number of rotatable bonds is 4. The molecule has 2 aromatic carbocycles. The van der Waals surface area contributed by atoms with Crippen LogP contribution in [0.1, 0.15) is 27.4 Å². The number of anilines is 1. The Hall–Kier alpha value is -1.89. The smallest absolute Gasteiger partial charge is 0.338 e.